The topological polar surface area (TPSA) is 75.4 Å². The van der Waals surface area contributed by atoms with Crippen LogP contribution >= 0.6 is 0 Å². The van der Waals surface area contributed by atoms with Gasteiger partial charge in [0.2, 0.25) is 10.0 Å². The monoisotopic (exact) mass is 337 g/mol. The first-order valence-electron chi connectivity index (χ1n) is 7.45. The van der Waals surface area contributed by atoms with Crippen LogP contribution in [0.1, 0.15) is 17.0 Å². The Bertz CT molecular complexity index is 711. The number of hydrogen-bond donors (Lipinski definition) is 1. The van der Waals surface area contributed by atoms with Crippen LogP contribution in [0.5, 0.6) is 0 Å². The van der Waals surface area contributed by atoms with E-state index in [0.717, 1.165) is 6.42 Å². The Hall–Kier alpha value is -1.70. The van der Waals surface area contributed by atoms with E-state index in [1.807, 2.05) is 49.3 Å². The third-order valence-corrected chi connectivity index (χ3v) is 4.86. The number of nitrogens with zero attached hydrogens (tertiary/aromatic N) is 2. The van der Waals surface area contributed by atoms with E-state index in [1.54, 1.807) is 13.0 Å². The summed E-state index contributed by atoms with van der Waals surface area (Å²) >= 11 is 0. The molecular formula is C16H23N3O3S. The molecule has 0 spiro atoms. The van der Waals surface area contributed by atoms with Gasteiger partial charge in [0.1, 0.15) is 5.75 Å². The summed E-state index contributed by atoms with van der Waals surface area (Å²) in [4.78, 5) is 2.02. The second-order valence-corrected chi connectivity index (χ2v) is 7.66. The zero-order valence-corrected chi connectivity index (χ0v) is 14.5. The molecule has 0 bridgehead atoms. The van der Waals surface area contributed by atoms with Crippen molar-refractivity contribution < 1.29 is 12.9 Å². The third-order valence-electron chi connectivity index (χ3n) is 3.59. The van der Waals surface area contributed by atoms with Crippen molar-refractivity contribution in [1.29, 1.82) is 0 Å². The zero-order valence-electron chi connectivity index (χ0n) is 13.7. The fourth-order valence-electron chi connectivity index (χ4n) is 2.27. The van der Waals surface area contributed by atoms with Crippen LogP contribution in [-0.4, -0.2) is 45.2 Å². The van der Waals surface area contributed by atoms with Gasteiger partial charge in [-0.25, -0.2) is 13.1 Å². The average Bonchev–Trinajstić information content (AvgIpc) is 2.88. The molecule has 0 unspecified atom stereocenters. The third kappa shape index (κ3) is 5.78. The van der Waals surface area contributed by atoms with E-state index in [4.69, 9.17) is 4.52 Å². The van der Waals surface area contributed by atoms with Gasteiger partial charge in [-0.15, -0.1) is 0 Å². The van der Waals surface area contributed by atoms with Gasteiger partial charge >= 0.3 is 0 Å². The van der Waals surface area contributed by atoms with E-state index in [9.17, 15) is 8.42 Å². The Morgan fingerprint density at radius 1 is 1.26 bits per heavy atom. The SMILES string of the molecule is Cc1cc(CS(=O)(=O)NC[C@H](Cc2ccccc2)N(C)C)on1. The van der Waals surface area contributed by atoms with Gasteiger partial charge in [-0.1, -0.05) is 35.5 Å². The summed E-state index contributed by atoms with van der Waals surface area (Å²) in [6.45, 7) is 2.10. The first-order valence-corrected chi connectivity index (χ1v) is 9.11. The molecule has 0 saturated carbocycles. The fourth-order valence-corrected chi connectivity index (χ4v) is 3.33. The largest absolute Gasteiger partial charge is 0.360 e. The van der Waals surface area contributed by atoms with Crippen molar-refractivity contribution in [2.75, 3.05) is 20.6 Å². The van der Waals surface area contributed by atoms with Crippen molar-refractivity contribution in [1.82, 2.24) is 14.8 Å². The second-order valence-electron chi connectivity index (χ2n) is 5.85. The van der Waals surface area contributed by atoms with E-state index in [-0.39, 0.29) is 11.8 Å². The molecule has 2 aromatic rings. The highest BCUT2D eigenvalue weighted by molar-refractivity contribution is 7.88. The van der Waals surface area contributed by atoms with Gasteiger partial charge in [0.25, 0.3) is 0 Å². The predicted molar refractivity (Wildman–Crippen MR) is 89.5 cm³/mol. The average molecular weight is 337 g/mol. The van der Waals surface area contributed by atoms with Crippen molar-refractivity contribution in [2.45, 2.75) is 25.1 Å². The lowest BCUT2D eigenvalue weighted by Gasteiger charge is -2.24. The molecule has 0 saturated heterocycles. The molecule has 1 heterocycles. The van der Waals surface area contributed by atoms with Crippen molar-refractivity contribution >= 4 is 10.0 Å². The molecule has 1 aromatic heterocycles. The minimum atomic E-state index is -3.45. The molecule has 0 aliphatic heterocycles. The molecule has 23 heavy (non-hydrogen) atoms. The lowest BCUT2D eigenvalue weighted by molar-refractivity contribution is 0.291. The summed E-state index contributed by atoms with van der Waals surface area (Å²) < 4.78 is 32.0. The smallest absolute Gasteiger partial charge is 0.219 e. The number of benzene rings is 1. The fraction of sp³-hybridized carbons (Fsp3) is 0.438. The van der Waals surface area contributed by atoms with Crippen LogP contribution in [0.15, 0.2) is 40.9 Å². The summed E-state index contributed by atoms with van der Waals surface area (Å²) in [7, 11) is 0.440. The summed E-state index contributed by atoms with van der Waals surface area (Å²) in [5.41, 5.74) is 1.85. The zero-order chi connectivity index (χ0) is 16.9. The molecule has 7 heteroatoms. The Balaban J connectivity index is 1.95. The number of aryl methyl sites for hydroxylation is 1. The molecule has 0 radical (unpaired) electrons. The molecule has 0 amide bonds. The van der Waals surface area contributed by atoms with Gasteiger partial charge in [0.15, 0.2) is 5.76 Å². The Morgan fingerprint density at radius 2 is 1.96 bits per heavy atom. The van der Waals surface area contributed by atoms with E-state index < -0.39 is 10.0 Å². The lowest BCUT2D eigenvalue weighted by atomic mass is 10.1. The normalized spacial score (nSPS) is 13.4. The van der Waals surface area contributed by atoms with Gasteiger partial charge in [-0.2, -0.15) is 0 Å². The molecule has 0 aliphatic rings. The Kier molecular flexibility index (Phi) is 5.92. The number of aromatic nitrogens is 1. The maximum Gasteiger partial charge on any atom is 0.219 e. The highest BCUT2D eigenvalue weighted by atomic mass is 32.2. The highest BCUT2D eigenvalue weighted by Crippen LogP contribution is 2.09. The van der Waals surface area contributed by atoms with Gasteiger partial charge in [-0.05, 0) is 33.0 Å². The lowest BCUT2D eigenvalue weighted by Crippen LogP contribution is -2.41. The maximum absolute atomic E-state index is 12.2. The highest BCUT2D eigenvalue weighted by Gasteiger charge is 2.19. The van der Waals surface area contributed by atoms with Crippen LogP contribution < -0.4 is 4.72 Å². The van der Waals surface area contributed by atoms with Crippen LogP contribution in [0, 0.1) is 6.92 Å². The Morgan fingerprint density at radius 3 is 2.52 bits per heavy atom. The Labute approximate surface area is 137 Å². The van der Waals surface area contributed by atoms with Crippen LogP contribution in [0.3, 0.4) is 0 Å². The quantitative estimate of drug-likeness (QED) is 0.791. The predicted octanol–water partition coefficient (Wildman–Crippen LogP) is 1.58. The molecular weight excluding hydrogens is 314 g/mol. The summed E-state index contributed by atoms with van der Waals surface area (Å²) in [5.74, 6) is 0.152. The maximum atomic E-state index is 12.2. The van der Waals surface area contributed by atoms with Crippen LogP contribution in [0.4, 0.5) is 0 Å². The van der Waals surface area contributed by atoms with E-state index in [1.165, 1.54) is 5.56 Å². The van der Waals surface area contributed by atoms with Crippen LogP contribution in [0.2, 0.25) is 0 Å². The van der Waals surface area contributed by atoms with E-state index in [2.05, 4.69) is 9.88 Å². The summed E-state index contributed by atoms with van der Waals surface area (Å²) in [6.07, 6.45) is 0.776. The van der Waals surface area contributed by atoms with Crippen LogP contribution in [-0.2, 0) is 22.2 Å². The van der Waals surface area contributed by atoms with Gasteiger partial charge < -0.3 is 9.42 Å². The van der Waals surface area contributed by atoms with Crippen molar-refractivity contribution in [3.63, 3.8) is 0 Å². The van der Waals surface area contributed by atoms with E-state index in [0.29, 0.717) is 18.0 Å². The number of rotatable bonds is 8. The molecule has 0 fully saturated rings. The molecule has 1 N–H and O–H groups in total. The molecule has 1 atom stereocenters. The van der Waals surface area contributed by atoms with Gasteiger partial charge in [0, 0.05) is 18.7 Å². The number of nitrogens with one attached hydrogen (secondary N) is 1. The second kappa shape index (κ2) is 7.72. The van der Waals surface area contributed by atoms with E-state index >= 15 is 0 Å². The van der Waals surface area contributed by atoms with Crippen LogP contribution in [0.25, 0.3) is 0 Å². The molecule has 0 aliphatic carbocycles. The minimum Gasteiger partial charge on any atom is -0.360 e. The van der Waals surface area contributed by atoms with Gasteiger partial charge in [-0.3, -0.25) is 0 Å². The molecule has 6 nitrogen and oxygen atoms in total. The molecule has 1 aromatic carbocycles. The number of hydrogen-bond acceptors (Lipinski definition) is 5. The summed E-state index contributed by atoms with van der Waals surface area (Å²) in [6, 6.07) is 11.7. The number of sulfonamides is 1. The van der Waals surface area contributed by atoms with Gasteiger partial charge in [0.05, 0.1) is 5.69 Å². The minimum absolute atomic E-state index is 0.0728. The van der Waals surface area contributed by atoms with Crippen molar-refractivity contribution in [3.05, 3.63) is 53.4 Å². The van der Waals surface area contributed by atoms with Crippen molar-refractivity contribution in [3.8, 4) is 0 Å². The molecule has 2 rings (SSSR count). The standard InChI is InChI=1S/C16H23N3O3S/c1-13-9-16(22-18-13)12-23(20,21)17-11-15(19(2)3)10-14-7-5-4-6-8-14/h4-9,15,17H,10-12H2,1-3H3/t15-/m0/s1. The summed E-state index contributed by atoms with van der Waals surface area (Å²) in [5, 5.41) is 3.70. The first kappa shape index (κ1) is 17.7. The first-order chi connectivity index (χ1) is 10.9. The van der Waals surface area contributed by atoms with Crippen molar-refractivity contribution in [2.24, 2.45) is 0 Å². The number of likely N-dealkylation sites (N-methyl/N-ethyl adjacent to an activating group) is 1. The molecule has 126 valence electrons.